The molecule has 0 radical (unpaired) electrons. The van der Waals surface area contributed by atoms with E-state index in [1.54, 1.807) is 0 Å². The molecule has 0 nitrogen and oxygen atoms in total. The number of hydrogen-bond donors (Lipinski definition) is 0. The van der Waals surface area contributed by atoms with E-state index in [9.17, 15) is 26.3 Å². The third-order valence-electron chi connectivity index (χ3n) is 2.10. The Hall–Kier alpha value is 0.240. The first-order valence-corrected chi connectivity index (χ1v) is 6.58. The number of benzene rings is 1. The summed E-state index contributed by atoms with van der Waals surface area (Å²) >= 11 is 7.73. The van der Waals surface area contributed by atoms with Gasteiger partial charge in [0.1, 0.15) is 0 Å². The fourth-order valence-corrected chi connectivity index (χ4v) is 4.17. The van der Waals surface area contributed by atoms with E-state index in [1.165, 1.54) is 0 Å². The second-order valence-corrected chi connectivity index (χ2v) is 5.69. The van der Waals surface area contributed by atoms with Crippen LogP contribution in [0.2, 0.25) is 0 Å². The largest absolute Gasteiger partial charge is 0.418 e. The maximum atomic E-state index is 12.7. The lowest BCUT2D eigenvalue weighted by atomic mass is 10.1. The fourth-order valence-electron chi connectivity index (χ4n) is 1.29. The molecule has 0 unspecified atom stereocenters. The van der Waals surface area contributed by atoms with E-state index in [4.69, 9.17) is 0 Å². The van der Waals surface area contributed by atoms with Crippen molar-refractivity contribution in [1.29, 1.82) is 0 Å². The zero-order valence-corrected chi connectivity index (χ0v) is 13.2. The van der Waals surface area contributed by atoms with Gasteiger partial charge in [0.2, 0.25) is 0 Å². The molecule has 0 atom stereocenters. The van der Waals surface area contributed by atoms with Gasteiger partial charge in [-0.15, -0.1) is 0 Å². The summed E-state index contributed by atoms with van der Waals surface area (Å²) in [7, 11) is 0. The van der Waals surface area contributed by atoms with Crippen molar-refractivity contribution in [3.63, 3.8) is 0 Å². The van der Waals surface area contributed by atoms with E-state index in [0.29, 0.717) is 0 Å². The predicted octanol–water partition coefficient (Wildman–Crippen LogP) is 6.32. The van der Waals surface area contributed by atoms with Crippen molar-refractivity contribution in [2.24, 2.45) is 0 Å². The van der Waals surface area contributed by atoms with Crippen LogP contribution in [-0.2, 0) is 12.4 Å². The summed E-state index contributed by atoms with van der Waals surface area (Å²) in [6, 6.07) is 0. The lowest BCUT2D eigenvalue weighted by molar-refractivity contribution is -0.145. The van der Waals surface area contributed by atoms with Crippen molar-refractivity contribution in [3.8, 4) is 0 Å². The van der Waals surface area contributed by atoms with Gasteiger partial charge in [0.25, 0.3) is 0 Å². The van der Waals surface area contributed by atoms with Crippen molar-refractivity contribution >= 4 is 47.8 Å². The summed E-state index contributed by atoms with van der Waals surface area (Å²) in [6.07, 6.45) is -9.80. The highest BCUT2D eigenvalue weighted by atomic mass is 79.9. The number of halogens is 9. The van der Waals surface area contributed by atoms with Gasteiger partial charge in [-0.25, -0.2) is 0 Å². The van der Waals surface area contributed by atoms with Crippen molar-refractivity contribution in [2.45, 2.75) is 19.3 Å². The molecular formula is C9H3Br3F6. The normalized spacial score (nSPS) is 13.0. The van der Waals surface area contributed by atoms with E-state index >= 15 is 0 Å². The molecule has 102 valence electrons. The summed E-state index contributed by atoms with van der Waals surface area (Å²) in [5.74, 6) is 0. The molecule has 0 aromatic heterocycles. The standard InChI is InChI=1S/C9H3Br3F6/c1-2-5(10)3(8(13,14)15)7(12)4(6(2)11)9(16,17)18/h1H3. The van der Waals surface area contributed by atoms with Crippen LogP contribution in [-0.4, -0.2) is 0 Å². The molecule has 0 saturated heterocycles. The molecule has 0 aliphatic rings. The summed E-state index contributed by atoms with van der Waals surface area (Å²) in [4.78, 5) is 0. The SMILES string of the molecule is Cc1c(Br)c(C(F)(F)F)c(Br)c(C(F)(F)F)c1Br. The van der Waals surface area contributed by atoms with Gasteiger partial charge in [-0.05, 0) is 60.3 Å². The molecule has 0 aliphatic heterocycles. The minimum Gasteiger partial charge on any atom is -0.166 e. The molecule has 0 saturated carbocycles. The third kappa shape index (κ3) is 2.87. The van der Waals surface area contributed by atoms with E-state index in [1.807, 2.05) is 0 Å². The Morgan fingerprint density at radius 3 is 1.17 bits per heavy atom. The summed E-state index contributed by atoms with van der Waals surface area (Å²) in [6.45, 7) is 1.16. The van der Waals surface area contributed by atoms with Crippen molar-refractivity contribution in [1.82, 2.24) is 0 Å². The first kappa shape index (κ1) is 16.3. The summed E-state index contributed by atoms with van der Waals surface area (Å²) in [5.41, 5.74) is -2.93. The Morgan fingerprint density at radius 2 is 0.944 bits per heavy atom. The average Bonchev–Trinajstić information content (AvgIpc) is 2.09. The molecule has 0 aliphatic carbocycles. The highest BCUT2D eigenvalue weighted by molar-refractivity contribution is 9.11. The van der Waals surface area contributed by atoms with Gasteiger partial charge in [0, 0.05) is 13.4 Å². The Labute approximate surface area is 123 Å². The highest BCUT2D eigenvalue weighted by Gasteiger charge is 2.44. The van der Waals surface area contributed by atoms with E-state index in [0.717, 1.165) is 6.92 Å². The van der Waals surface area contributed by atoms with Gasteiger partial charge in [0.15, 0.2) is 0 Å². The van der Waals surface area contributed by atoms with Gasteiger partial charge in [-0.2, -0.15) is 26.3 Å². The van der Waals surface area contributed by atoms with Crippen LogP contribution in [0.5, 0.6) is 0 Å². The molecule has 1 aromatic rings. The Kier molecular flexibility index (Phi) is 4.50. The van der Waals surface area contributed by atoms with E-state index in [2.05, 4.69) is 47.8 Å². The molecule has 18 heavy (non-hydrogen) atoms. The molecule has 0 amide bonds. The summed E-state index contributed by atoms with van der Waals surface area (Å²) in [5, 5.41) is 0. The lowest BCUT2D eigenvalue weighted by Gasteiger charge is -2.20. The van der Waals surface area contributed by atoms with Gasteiger partial charge >= 0.3 is 12.4 Å². The van der Waals surface area contributed by atoms with Crippen LogP contribution in [0.25, 0.3) is 0 Å². The maximum Gasteiger partial charge on any atom is 0.418 e. The predicted molar refractivity (Wildman–Crippen MR) is 64.3 cm³/mol. The van der Waals surface area contributed by atoms with Crippen molar-refractivity contribution in [3.05, 3.63) is 30.1 Å². The van der Waals surface area contributed by atoms with Gasteiger partial charge in [0.05, 0.1) is 11.1 Å². The minimum absolute atomic E-state index is 0.169. The Morgan fingerprint density at radius 1 is 0.667 bits per heavy atom. The topological polar surface area (TPSA) is 0 Å². The first-order chi connectivity index (χ1) is 7.89. The molecule has 1 aromatic carbocycles. The quantitative estimate of drug-likeness (QED) is 0.394. The van der Waals surface area contributed by atoms with Gasteiger partial charge in [-0.3, -0.25) is 0 Å². The average molecular weight is 465 g/mol. The van der Waals surface area contributed by atoms with Crippen LogP contribution in [0.15, 0.2) is 13.4 Å². The van der Waals surface area contributed by atoms with Crippen LogP contribution < -0.4 is 0 Å². The Balaban J connectivity index is 3.83. The smallest absolute Gasteiger partial charge is 0.166 e. The summed E-state index contributed by atoms with van der Waals surface area (Å²) < 4.78 is 74.6. The second kappa shape index (κ2) is 4.97. The number of hydrogen-bond acceptors (Lipinski definition) is 0. The number of rotatable bonds is 0. The molecule has 0 fully saturated rings. The van der Waals surface area contributed by atoms with Crippen LogP contribution in [0.1, 0.15) is 16.7 Å². The monoisotopic (exact) mass is 462 g/mol. The molecule has 0 heterocycles. The fraction of sp³-hybridized carbons (Fsp3) is 0.333. The molecule has 1 rings (SSSR count). The van der Waals surface area contributed by atoms with Crippen molar-refractivity contribution < 1.29 is 26.3 Å². The van der Waals surface area contributed by atoms with E-state index in [-0.39, 0.29) is 5.56 Å². The lowest BCUT2D eigenvalue weighted by Crippen LogP contribution is -2.15. The molecule has 0 bridgehead atoms. The molecule has 0 spiro atoms. The van der Waals surface area contributed by atoms with Crippen LogP contribution >= 0.6 is 47.8 Å². The molecular weight excluding hydrogens is 462 g/mol. The van der Waals surface area contributed by atoms with E-state index < -0.39 is 36.9 Å². The molecule has 9 heteroatoms. The van der Waals surface area contributed by atoms with Crippen molar-refractivity contribution in [2.75, 3.05) is 0 Å². The maximum absolute atomic E-state index is 12.7. The van der Waals surface area contributed by atoms with Crippen LogP contribution in [0.3, 0.4) is 0 Å². The third-order valence-corrected chi connectivity index (χ3v) is 4.88. The van der Waals surface area contributed by atoms with Crippen LogP contribution in [0, 0.1) is 6.92 Å². The minimum atomic E-state index is -4.90. The molecule has 0 N–H and O–H groups in total. The Bertz CT molecular complexity index is 448. The van der Waals surface area contributed by atoms with Gasteiger partial charge in [-0.1, -0.05) is 0 Å². The van der Waals surface area contributed by atoms with Gasteiger partial charge < -0.3 is 0 Å². The second-order valence-electron chi connectivity index (χ2n) is 3.31. The number of alkyl halides is 6. The zero-order valence-electron chi connectivity index (χ0n) is 8.40. The van der Waals surface area contributed by atoms with Crippen LogP contribution in [0.4, 0.5) is 26.3 Å². The zero-order chi connectivity index (χ0) is 14.5. The highest BCUT2D eigenvalue weighted by Crippen LogP contribution is 2.50. The first-order valence-electron chi connectivity index (χ1n) is 4.20.